The standard InChI is InChI=1S/C40H23N7/c41-20-39-43-22-31(23-44-39)28-13-16-36(35(17-28)32-24-45-40(21-42)46-25-32)47-37-18-29(26-7-3-1-4-8-26)11-14-33(37)34-15-12-30(19-38(34)47)27-9-5-2-6-10-27/h1-19,22-25H. The Morgan fingerprint density at radius 3 is 1.36 bits per heavy atom. The molecule has 0 N–H and O–H groups in total. The van der Waals surface area contributed by atoms with Gasteiger partial charge in [-0.05, 0) is 52.1 Å². The topological polar surface area (TPSA) is 104 Å². The lowest BCUT2D eigenvalue weighted by Gasteiger charge is -2.16. The van der Waals surface area contributed by atoms with Crippen molar-refractivity contribution >= 4 is 21.8 Å². The molecule has 3 aromatic heterocycles. The highest BCUT2D eigenvalue weighted by Gasteiger charge is 2.19. The maximum absolute atomic E-state index is 9.40. The molecule has 0 aliphatic rings. The molecule has 0 bridgehead atoms. The van der Waals surface area contributed by atoms with Crippen molar-refractivity contribution in [2.24, 2.45) is 0 Å². The van der Waals surface area contributed by atoms with Crippen LogP contribution in [0.15, 0.2) is 140 Å². The SMILES string of the molecule is N#Cc1ncc(-c2ccc(-n3c4cc(-c5ccccc5)ccc4c4ccc(-c5ccccc5)cc43)c(-c3cnc(C#N)nc3)c2)cn1. The monoisotopic (exact) mass is 601 g/mol. The highest BCUT2D eigenvalue weighted by molar-refractivity contribution is 6.11. The summed E-state index contributed by atoms with van der Waals surface area (Å²) in [4.78, 5) is 17.0. The second kappa shape index (κ2) is 11.5. The zero-order chi connectivity index (χ0) is 31.7. The third-order valence-corrected chi connectivity index (χ3v) is 8.37. The average molecular weight is 602 g/mol. The first-order valence-corrected chi connectivity index (χ1v) is 15.0. The Balaban J connectivity index is 1.44. The van der Waals surface area contributed by atoms with Crippen molar-refractivity contribution in [2.45, 2.75) is 0 Å². The van der Waals surface area contributed by atoms with Gasteiger partial charge in [0.05, 0.1) is 16.7 Å². The summed E-state index contributed by atoms with van der Waals surface area (Å²) in [5.41, 5.74) is 10.8. The number of nitrogens with zero attached hydrogens (tertiary/aromatic N) is 7. The van der Waals surface area contributed by atoms with Crippen LogP contribution < -0.4 is 0 Å². The van der Waals surface area contributed by atoms with Crippen LogP contribution in [0.1, 0.15) is 11.6 Å². The first-order chi connectivity index (χ1) is 23.2. The third kappa shape index (κ3) is 4.95. The van der Waals surface area contributed by atoms with E-state index in [1.807, 2.05) is 30.3 Å². The molecule has 5 aromatic carbocycles. The molecule has 3 heterocycles. The largest absolute Gasteiger partial charge is 0.309 e. The Labute approximate surface area is 270 Å². The van der Waals surface area contributed by atoms with E-state index in [0.29, 0.717) is 0 Å². The number of hydrogen-bond donors (Lipinski definition) is 0. The van der Waals surface area contributed by atoms with Crippen LogP contribution in [0.4, 0.5) is 0 Å². The fourth-order valence-electron chi connectivity index (χ4n) is 6.10. The summed E-state index contributed by atoms with van der Waals surface area (Å²) in [7, 11) is 0. The molecule has 7 nitrogen and oxygen atoms in total. The lowest BCUT2D eigenvalue weighted by atomic mass is 9.99. The summed E-state index contributed by atoms with van der Waals surface area (Å²) in [5, 5.41) is 20.9. The van der Waals surface area contributed by atoms with E-state index in [1.165, 1.54) is 0 Å². The Bertz CT molecular complexity index is 2410. The van der Waals surface area contributed by atoms with E-state index in [1.54, 1.807) is 24.8 Å². The number of aromatic nitrogens is 5. The minimum absolute atomic E-state index is 0.101. The molecule has 0 fully saturated rings. The number of benzene rings is 5. The molecule has 0 spiro atoms. The summed E-state index contributed by atoms with van der Waals surface area (Å²) in [6, 6.07) is 44.2. The number of hydrogen-bond acceptors (Lipinski definition) is 6. The van der Waals surface area contributed by atoms with E-state index < -0.39 is 0 Å². The zero-order valence-electron chi connectivity index (χ0n) is 24.9. The average Bonchev–Trinajstić information content (AvgIpc) is 3.48. The van der Waals surface area contributed by atoms with Gasteiger partial charge in [-0.25, -0.2) is 19.9 Å². The van der Waals surface area contributed by atoms with Crippen molar-refractivity contribution < 1.29 is 0 Å². The van der Waals surface area contributed by atoms with Gasteiger partial charge in [-0.1, -0.05) is 91.0 Å². The molecular weight excluding hydrogens is 578 g/mol. The van der Waals surface area contributed by atoms with Gasteiger partial charge in [0.2, 0.25) is 11.6 Å². The van der Waals surface area contributed by atoms with E-state index in [0.717, 1.165) is 72.0 Å². The van der Waals surface area contributed by atoms with Crippen LogP contribution in [0, 0.1) is 22.7 Å². The molecule has 47 heavy (non-hydrogen) atoms. The summed E-state index contributed by atoms with van der Waals surface area (Å²) >= 11 is 0. The summed E-state index contributed by atoms with van der Waals surface area (Å²) in [6.45, 7) is 0. The van der Waals surface area contributed by atoms with Crippen molar-refractivity contribution in [1.29, 1.82) is 10.5 Å². The fraction of sp³-hybridized carbons (Fsp3) is 0. The summed E-state index contributed by atoms with van der Waals surface area (Å²) in [5.74, 6) is 0.212. The van der Waals surface area contributed by atoms with Gasteiger partial charge in [-0.3, -0.25) is 0 Å². The lowest BCUT2D eigenvalue weighted by Crippen LogP contribution is -2.00. The van der Waals surface area contributed by atoms with Crippen LogP contribution in [0.2, 0.25) is 0 Å². The van der Waals surface area contributed by atoms with Gasteiger partial charge >= 0.3 is 0 Å². The lowest BCUT2D eigenvalue weighted by molar-refractivity contribution is 1.11. The second-order valence-electron chi connectivity index (χ2n) is 11.1. The van der Waals surface area contributed by atoms with Gasteiger partial charge in [0.1, 0.15) is 12.1 Å². The molecule has 7 heteroatoms. The first kappa shape index (κ1) is 27.6. The molecule has 8 aromatic rings. The molecule has 0 unspecified atom stereocenters. The molecule has 0 saturated carbocycles. The van der Waals surface area contributed by atoms with Crippen LogP contribution in [0.3, 0.4) is 0 Å². The summed E-state index contributed by atoms with van der Waals surface area (Å²) < 4.78 is 2.30. The number of fused-ring (bicyclic) bond motifs is 3. The Morgan fingerprint density at radius 1 is 0.426 bits per heavy atom. The molecule has 0 atom stereocenters. The van der Waals surface area contributed by atoms with E-state index in [9.17, 15) is 10.5 Å². The fourth-order valence-corrected chi connectivity index (χ4v) is 6.10. The van der Waals surface area contributed by atoms with Gasteiger partial charge in [0.25, 0.3) is 0 Å². The van der Waals surface area contributed by atoms with E-state index in [4.69, 9.17) is 0 Å². The molecule has 0 saturated heterocycles. The first-order valence-electron chi connectivity index (χ1n) is 15.0. The van der Waals surface area contributed by atoms with Crippen molar-refractivity contribution in [2.75, 3.05) is 0 Å². The highest BCUT2D eigenvalue weighted by Crippen LogP contribution is 2.40. The van der Waals surface area contributed by atoms with Gasteiger partial charge in [0, 0.05) is 52.3 Å². The van der Waals surface area contributed by atoms with Gasteiger partial charge in [0.15, 0.2) is 0 Å². The minimum atomic E-state index is 0.101. The molecular formula is C40H23N7. The molecule has 8 rings (SSSR count). The smallest absolute Gasteiger partial charge is 0.232 e. The highest BCUT2D eigenvalue weighted by atomic mass is 15.0. The van der Waals surface area contributed by atoms with Crippen molar-refractivity contribution in [3.63, 3.8) is 0 Å². The van der Waals surface area contributed by atoms with Crippen LogP contribution in [-0.4, -0.2) is 24.5 Å². The van der Waals surface area contributed by atoms with Gasteiger partial charge in [-0.2, -0.15) is 10.5 Å². The van der Waals surface area contributed by atoms with E-state index in [2.05, 4.69) is 122 Å². The molecule has 0 radical (unpaired) electrons. The Kier molecular flexibility index (Phi) is 6.76. The predicted octanol–water partition coefficient (Wildman–Crippen LogP) is 8.78. The van der Waals surface area contributed by atoms with Crippen LogP contribution in [0.5, 0.6) is 0 Å². The quantitative estimate of drug-likeness (QED) is 0.195. The third-order valence-electron chi connectivity index (χ3n) is 8.37. The van der Waals surface area contributed by atoms with Crippen LogP contribution in [0.25, 0.3) is 72.0 Å². The number of nitriles is 2. The molecule has 0 aliphatic heterocycles. The second-order valence-corrected chi connectivity index (χ2v) is 11.1. The van der Waals surface area contributed by atoms with Gasteiger partial charge in [-0.15, -0.1) is 0 Å². The normalized spacial score (nSPS) is 10.9. The minimum Gasteiger partial charge on any atom is -0.309 e. The Hall–Kier alpha value is -6.96. The Morgan fingerprint density at radius 2 is 0.872 bits per heavy atom. The maximum atomic E-state index is 9.40. The van der Waals surface area contributed by atoms with Crippen molar-refractivity contribution in [1.82, 2.24) is 24.5 Å². The maximum Gasteiger partial charge on any atom is 0.232 e. The molecule has 0 aliphatic carbocycles. The molecule has 218 valence electrons. The number of rotatable bonds is 5. The van der Waals surface area contributed by atoms with Crippen LogP contribution >= 0.6 is 0 Å². The van der Waals surface area contributed by atoms with Crippen LogP contribution in [-0.2, 0) is 0 Å². The van der Waals surface area contributed by atoms with E-state index in [-0.39, 0.29) is 11.6 Å². The summed E-state index contributed by atoms with van der Waals surface area (Å²) in [6.07, 6.45) is 6.67. The predicted molar refractivity (Wildman–Crippen MR) is 183 cm³/mol. The molecule has 0 amide bonds. The van der Waals surface area contributed by atoms with Crippen molar-refractivity contribution in [3.8, 4) is 62.3 Å². The van der Waals surface area contributed by atoms with Crippen molar-refractivity contribution in [3.05, 3.63) is 152 Å². The zero-order valence-corrected chi connectivity index (χ0v) is 24.9. The van der Waals surface area contributed by atoms with E-state index >= 15 is 0 Å². The van der Waals surface area contributed by atoms with Gasteiger partial charge < -0.3 is 4.57 Å².